The van der Waals surface area contributed by atoms with Crippen LogP contribution < -0.4 is 15.8 Å². The third kappa shape index (κ3) is 4.77. The second kappa shape index (κ2) is 8.09. The number of hydrogen-bond donors (Lipinski definition) is 2. The standard InChI is InChI=1S/C17H19N3O4S/c18-15(21)8-11-10-25-17(19-11)20-16(22)13-5-1-2-6-14(13)24-9-12-4-3-7-23-12/h1-2,5-6,10,12H,3-4,7-9H2,(H2,18,21)(H,19,20,22). The van der Waals surface area contributed by atoms with Gasteiger partial charge in [0, 0.05) is 12.0 Å². The Hall–Kier alpha value is -2.45. The van der Waals surface area contributed by atoms with Gasteiger partial charge in [0.2, 0.25) is 5.91 Å². The Labute approximate surface area is 149 Å². The Kier molecular flexibility index (Phi) is 5.62. The summed E-state index contributed by atoms with van der Waals surface area (Å²) in [7, 11) is 0. The molecule has 132 valence electrons. The quantitative estimate of drug-likeness (QED) is 0.785. The summed E-state index contributed by atoms with van der Waals surface area (Å²) >= 11 is 1.24. The molecule has 7 nitrogen and oxygen atoms in total. The molecule has 0 radical (unpaired) electrons. The molecular weight excluding hydrogens is 342 g/mol. The number of carbonyl (C=O) groups is 2. The summed E-state index contributed by atoms with van der Waals surface area (Å²) in [6.07, 6.45) is 2.13. The minimum atomic E-state index is -0.462. The number of nitrogens with one attached hydrogen (secondary N) is 1. The number of ether oxygens (including phenoxy) is 2. The summed E-state index contributed by atoms with van der Waals surface area (Å²) in [5.41, 5.74) is 6.10. The lowest BCUT2D eigenvalue weighted by Gasteiger charge is -2.14. The highest BCUT2D eigenvalue weighted by Gasteiger charge is 2.19. The fraction of sp³-hybridized carbons (Fsp3) is 0.353. The molecular formula is C17H19N3O4S. The van der Waals surface area contributed by atoms with Crippen molar-refractivity contribution < 1.29 is 19.1 Å². The Balaban J connectivity index is 1.64. The number of amides is 2. The maximum Gasteiger partial charge on any atom is 0.261 e. The van der Waals surface area contributed by atoms with E-state index in [1.165, 1.54) is 11.3 Å². The number of primary amides is 1. The number of benzene rings is 1. The van der Waals surface area contributed by atoms with Crippen LogP contribution >= 0.6 is 11.3 Å². The molecule has 1 fully saturated rings. The smallest absolute Gasteiger partial charge is 0.261 e. The summed E-state index contributed by atoms with van der Waals surface area (Å²) in [5, 5.41) is 4.83. The van der Waals surface area contributed by atoms with E-state index in [1.807, 2.05) is 6.07 Å². The van der Waals surface area contributed by atoms with Crippen molar-refractivity contribution >= 4 is 28.3 Å². The predicted octanol–water partition coefficient (Wildman–Crippen LogP) is 1.98. The van der Waals surface area contributed by atoms with Gasteiger partial charge in [-0.2, -0.15) is 0 Å². The minimum absolute atomic E-state index is 0.0491. The third-order valence-electron chi connectivity index (χ3n) is 3.71. The van der Waals surface area contributed by atoms with Gasteiger partial charge in [-0.05, 0) is 25.0 Å². The first-order chi connectivity index (χ1) is 12.1. The molecule has 1 aliphatic heterocycles. The van der Waals surface area contributed by atoms with Crippen molar-refractivity contribution in [3.8, 4) is 5.75 Å². The number of anilines is 1. The first kappa shape index (κ1) is 17.4. The number of hydrogen-bond acceptors (Lipinski definition) is 6. The second-order valence-electron chi connectivity index (χ2n) is 5.68. The summed E-state index contributed by atoms with van der Waals surface area (Å²) < 4.78 is 11.3. The predicted molar refractivity (Wildman–Crippen MR) is 93.9 cm³/mol. The lowest BCUT2D eigenvalue weighted by Crippen LogP contribution is -2.19. The van der Waals surface area contributed by atoms with E-state index in [4.69, 9.17) is 15.2 Å². The van der Waals surface area contributed by atoms with E-state index in [2.05, 4.69) is 10.3 Å². The van der Waals surface area contributed by atoms with Gasteiger partial charge in [-0.3, -0.25) is 14.9 Å². The highest BCUT2D eigenvalue weighted by Crippen LogP contribution is 2.23. The van der Waals surface area contributed by atoms with Crippen LogP contribution in [0.4, 0.5) is 5.13 Å². The molecule has 3 N–H and O–H groups in total. The molecule has 1 aromatic heterocycles. The SMILES string of the molecule is NC(=O)Cc1csc(NC(=O)c2ccccc2OCC2CCCO2)n1. The third-order valence-corrected chi connectivity index (χ3v) is 4.51. The zero-order valence-electron chi connectivity index (χ0n) is 13.6. The van der Waals surface area contributed by atoms with Crippen LogP contribution in [0.25, 0.3) is 0 Å². The summed E-state index contributed by atoms with van der Waals surface area (Å²) in [6.45, 7) is 1.18. The van der Waals surface area contributed by atoms with Crippen LogP contribution in [-0.4, -0.2) is 36.1 Å². The van der Waals surface area contributed by atoms with Gasteiger partial charge < -0.3 is 15.2 Å². The van der Waals surface area contributed by atoms with Crippen molar-refractivity contribution in [2.24, 2.45) is 5.73 Å². The van der Waals surface area contributed by atoms with E-state index in [0.29, 0.717) is 28.7 Å². The average Bonchev–Trinajstić information content (AvgIpc) is 3.24. The molecule has 1 aromatic carbocycles. The Morgan fingerprint density at radius 1 is 1.40 bits per heavy atom. The zero-order valence-corrected chi connectivity index (χ0v) is 14.4. The maximum atomic E-state index is 12.5. The van der Waals surface area contributed by atoms with E-state index in [0.717, 1.165) is 19.4 Å². The molecule has 1 saturated heterocycles. The van der Waals surface area contributed by atoms with E-state index >= 15 is 0 Å². The van der Waals surface area contributed by atoms with E-state index < -0.39 is 5.91 Å². The Bertz CT molecular complexity index is 756. The van der Waals surface area contributed by atoms with Crippen molar-refractivity contribution in [1.82, 2.24) is 4.98 Å². The topological polar surface area (TPSA) is 104 Å². The molecule has 3 rings (SSSR count). The van der Waals surface area contributed by atoms with Crippen molar-refractivity contribution in [2.45, 2.75) is 25.4 Å². The highest BCUT2D eigenvalue weighted by atomic mass is 32.1. The average molecular weight is 361 g/mol. The van der Waals surface area contributed by atoms with Crippen molar-refractivity contribution in [2.75, 3.05) is 18.5 Å². The van der Waals surface area contributed by atoms with Gasteiger partial charge in [0.05, 0.1) is 23.8 Å². The fourth-order valence-corrected chi connectivity index (χ4v) is 3.23. The van der Waals surface area contributed by atoms with Gasteiger partial charge in [0.25, 0.3) is 5.91 Å². The van der Waals surface area contributed by atoms with Crippen LogP contribution in [0, 0.1) is 0 Å². The first-order valence-corrected chi connectivity index (χ1v) is 8.87. The monoisotopic (exact) mass is 361 g/mol. The number of aromatic nitrogens is 1. The number of thiazole rings is 1. The van der Waals surface area contributed by atoms with Crippen molar-refractivity contribution in [1.29, 1.82) is 0 Å². The van der Waals surface area contributed by atoms with Crippen LogP contribution in [0.2, 0.25) is 0 Å². The lowest BCUT2D eigenvalue weighted by molar-refractivity contribution is -0.117. The van der Waals surface area contributed by atoms with Gasteiger partial charge in [-0.25, -0.2) is 4.98 Å². The maximum absolute atomic E-state index is 12.5. The summed E-state index contributed by atoms with van der Waals surface area (Å²) in [4.78, 5) is 27.6. The molecule has 8 heteroatoms. The number of nitrogens with two attached hydrogens (primary N) is 1. The van der Waals surface area contributed by atoms with Gasteiger partial charge in [0.15, 0.2) is 5.13 Å². The number of para-hydroxylation sites is 1. The summed E-state index contributed by atoms with van der Waals surface area (Å²) in [5.74, 6) is -0.275. The number of rotatable bonds is 7. The van der Waals surface area contributed by atoms with Crippen molar-refractivity contribution in [3.63, 3.8) is 0 Å². The zero-order chi connectivity index (χ0) is 17.6. The summed E-state index contributed by atoms with van der Waals surface area (Å²) in [6, 6.07) is 7.03. The molecule has 0 saturated carbocycles. The van der Waals surface area contributed by atoms with Gasteiger partial charge in [0.1, 0.15) is 12.4 Å². The molecule has 0 bridgehead atoms. The largest absolute Gasteiger partial charge is 0.490 e. The minimum Gasteiger partial charge on any atom is -0.490 e. The normalized spacial score (nSPS) is 16.6. The van der Waals surface area contributed by atoms with Crippen molar-refractivity contribution in [3.05, 3.63) is 40.9 Å². The molecule has 1 aliphatic rings. The highest BCUT2D eigenvalue weighted by molar-refractivity contribution is 7.14. The Morgan fingerprint density at radius 3 is 3.00 bits per heavy atom. The van der Waals surface area contributed by atoms with Crippen LogP contribution in [0.5, 0.6) is 5.75 Å². The molecule has 1 atom stereocenters. The van der Waals surface area contributed by atoms with Gasteiger partial charge >= 0.3 is 0 Å². The lowest BCUT2D eigenvalue weighted by atomic mass is 10.2. The molecule has 1 unspecified atom stereocenters. The van der Waals surface area contributed by atoms with Gasteiger partial charge in [-0.1, -0.05) is 12.1 Å². The van der Waals surface area contributed by atoms with E-state index in [9.17, 15) is 9.59 Å². The van der Waals surface area contributed by atoms with Crippen LogP contribution in [0.1, 0.15) is 28.9 Å². The molecule has 2 amide bonds. The van der Waals surface area contributed by atoms with Crippen LogP contribution in [-0.2, 0) is 16.0 Å². The first-order valence-electron chi connectivity index (χ1n) is 7.99. The molecule has 2 aromatic rings. The molecule has 2 heterocycles. The molecule has 0 spiro atoms. The van der Waals surface area contributed by atoms with Crippen LogP contribution in [0.15, 0.2) is 29.6 Å². The van der Waals surface area contributed by atoms with E-state index in [-0.39, 0.29) is 18.4 Å². The Morgan fingerprint density at radius 2 is 2.24 bits per heavy atom. The van der Waals surface area contributed by atoms with Gasteiger partial charge in [-0.15, -0.1) is 11.3 Å². The number of carbonyl (C=O) groups excluding carboxylic acids is 2. The fourth-order valence-electron chi connectivity index (χ4n) is 2.53. The van der Waals surface area contributed by atoms with E-state index in [1.54, 1.807) is 23.6 Å². The second-order valence-corrected chi connectivity index (χ2v) is 6.54. The molecule has 25 heavy (non-hydrogen) atoms. The number of nitrogens with zero attached hydrogens (tertiary/aromatic N) is 1. The molecule has 0 aliphatic carbocycles. The van der Waals surface area contributed by atoms with Crippen LogP contribution in [0.3, 0.4) is 0 Å².